The second-order valence-corrected chi connectivity index (χ2v) is 5.72. The number of anilines is 1. The van der Waals surface area contributed by atoms with Gasteiger partial charge in [-0.3, -0.25) is 4.79 Å². The van der Waals surface area contributed by atoms with E-state index >= 15 is 0 Å². The van der Waals surface area contributed by atoms with Crippen LogP contribution in [0.1, 0.15) is 13.3 Å². The number of carbonyl (C=O) groups is 1. The van der Waals surface area contributed by atoms with Crippen molar-refractivity contribution in [2.45, 2.75) is 20.0 Å². The molecule has 1 aromatic heterocycles. The summed E-state index contributed by atoms with van der Waals surface area (Å²) in [5, 5.41) is 2.60. The van der Waals surface area contributed by atoms with Crippen LogP contribution in [0.4, 0.5) is 10.1 Å². The van der Waals surface area contributed by atoms with Gasteiger partial charge in [-0.05, 0) is 17.7 Å². The van der Waals surface area contributed by atoms with Crippen LogP contribution in [0.25, 0.3) is 11.1 Å². The average molecular weight is 349 g/mol. The van der Waals surface area contributed by atoms with Crippen LogP contribution in [0.2, 0.25) is 0 Å². The van der Waals surface area contributed by atoms with E-state index in [1.54, 1.807) is 19.1 Å². The summed E-state index contributed by atoms with van der Waals surface area (Å²) in [6, 6.07) is 4.67. The lowest BCUT2D eigenvalue weighted by atomic mass is 10.1. The normalized spacial score (nSPS) is 14.6. The fraction of sp³-hybridized carbons (Fsp3) is 0.412. The maximum atomic E-state index is 14.5. The summed E-state index contributed by atoms with van der Waals surface area (Å²) in [6.45, 7) is 4.17. The molecule has 0 atom stereocenters. The molecule has 134 valence electrons. The second kappa shape index (κ2) is 7.52. The van der Waals surface area contributed by atoms with Gasteiger partial charge >= 0.3 is 5.63 Å². The van der Waals surface area contributed by atoms with Gasteiger partial charge in [-0.1, -0.05) is 13.0 Å². The van der Waals surface area contributed by atoms with E-state index in [4.69, 9.17) is 9.26 Å². The minimum absolute atomic E-state index is 0.0518. The second-order valence-electron chi connectivity index (χ2n) is 5.72. The first-order valence-corrected chi connectivity index (χ1v) is 8.18. The van der Waals surface area contributed by atoms with Gasteiger partial charge in [0.2, 0.25) is 5.91 Å². The molecule has 1 amide bonds. The largest absolute Gasteiger partial charge is 0.378 e. The lowest BCUT2D eigenvalue weighted by Crippen LogP contribution is -2.36. The fourth-order valence-electron chi connectivity index (χ4n) is 2.68. The first-order chi connectivity index (χ1) is 12.1. The van der Waals surface area contributed by atoms with E-state index < -0.39 is 11.4 Å². The molecule has 8 heteroatoms. The van der Waals surface area contributed by atoms with Crippen molar-refractivity contribution in [1.82, 2.24) is 10.1 Å². The van der Waals surface area contributed by atoms with Gasteiger partial charge in [0, 0.05) is 19.5 Å². The Morgan fingerprint density at radius 3 is 2.76 bits per heavy atom. The Bertz CT molecular complexity index is 808. The van der Waals surface area contributed by atoms with Crippen molar-refractivity contribution in [2.24, 2.45) is 0 Å². The molecule has 1 aliphatic heterocycles. The maximum Gasteiger partial charge on any atom is 0.365 e. The van der Waals surface area contributed by atoms with Gasteiger partial charge in [0.25, 0.3) is 0 Å². The number of morpholine rings is 1. The standard InChI is InChI=1S/C17H20FN3O4/c1-2-16(22)19-11-21-10-13(17(23)25-21)12-3-4-15(14(18)9-12)20-5-7-24-8-6-20/h3-4,9-10H,2,5-8,11H2,1H3,(H,19,22). The van der Waals surface area contributed by atoms with Crippen LogP contribution in [0, 0.1) is 5.82 Å². The molecule has 2 heterocycles. The van der Waals surface area contributed by atoms with Crippen LogP contribution in [-0.2, 0) is 16.2 Å². The predicted octanol–water partition coefficient (Wildman–Crippen LogP) is 1.57. The Morgan fingerprint density at radius 1 is 1.32 bits per heavy atom. The lowest BCUT2D eigenvalue weighted by Gasteiger charge is -2.29. The molecule has 1 saturated heterocycles. The van der Waals surface area contributed by atoms with Crippen molar-refractivity contribution >= 4 is 11.6 Å². The van der Waals surface area contributed by atoms with E-state index in [0.29, 0.717) is 44.0 Å². The Balaban J connectivity index is 1.80. The number of hydrogen-bond acceptors (Lipinski definition) is 5. The van der Waals surface area contributed by atoms with Crippen molar-refractivity contribution in [3.63, 3.8) is 0 Å². The monoisotopic (exact) mass is 349 g/mol. The van der Waals surface area contributed by atoms with Crippen LogP contribution in [-0.4, -0.2) is 37.0 Å². The molecule has 1 aromatic carbocycles. The van der Waals surface area contributed by atoms with E-state index in [1.165, 1.54) is 17.0 Å². The SMILES string of the molecule is CCC(=O)NCn1cc(-c2ccc(N3CCOCC3)c(F)c2)c(=O)o1. The lowest BCUT2D eigenvalue weighted by molar-refractivity contribution is -0.121. The summed E-state index contributed by atoms with van der Waals surface area (Å²) in [7, 11) is 0. The Morgan fingerprint density at radius 2 is 2.08 bits per heavy atom. The van der Waals surface area contributed by atoms with Crippen LogP contribution < -0.4 is 15.8 Å². The van der Waals surface area contributed by atoms with Crippen molar-refractivity contribution in [3.8, 4) is 11.1 Å². The number of carbonyl (C=O) groups excluding carboxylic acids is 1. The number of benzene rings is 1. The molecule has 1 aliphatic rings. The molecule has 25 heavy (non-hydrogen) atoms. The fourth-order valence-corrected chi connectivity index (χ4v) is 2.68. The molecule has 0 spiro atoms. The zero-order valence-corrected chi connectivity index (χ0v) is 14.0. The summed E-state index contributed by atoms with van der Waals surface area (Å²) in [6.07, 6.45) is 1.80. The molecule has 2 aromatic rings. The van der Waals surface area contributed by atoms with Crippen LogP contribution in [0.15, 0.2) is 33.7 Å². The Hall–Kier alpha value is -2.61. The Labute approximate surface area is 143 Å². The van der Waals surface area contributed by atoms with E-state index in [9.17, 15) is 14.0 Å². The molecule has 0 saturated carbocycles. The van der Waals surface area contributed by atoms with E-state index in [-0.39, 0.29) is 18.1 Å². The zero-order chi connectivity index (χ0) is 17.8. The van der Waals surface area contributed by atoms with Crippen LogP contribution in [0.5, 0.6) is 0 Å². The molecule has 1 N–H and O–H groups in total. The highest BCUT2D eigenvalue weighted by Crippen LogP contribution is 2.25. The quantitative estimate of drug-likeness (QED) is 0.887. The third kappa shape index (κ3) is 3.90. The maximum absolute atomic E-state index is 14.5. The number of aromatic nitrogens is 1. The molecular formula is C17H20FN3O4. The van der Waals surface area contributed by atoms with Crippen LogP contribution >= 0.6 is 0 Å². The van der Waals surface area contributed by atoms with Crippen LogP contribution in [0.3, 0.4) is 0 Å². The number of nitrogens with zero attached hydrogens (tertiary/aromatic N) is 2. The summed E-state index contributed by atoms with van der Waals surface area (Å²) in [5.41, 5.74) is 0.595. The van der Waals surface area contributed by atoms with Gasteiger partial charge in [-0.15, -0.1) is 0 Å². The first kappa shape index (κ1) is 17.2. The van der Waals surface area contributed by atoms with Gasteiger partial charge in [-0.25, -0.2) is 9.18 Å². The van der Waals surface area contributed by atoms with Gasteiger partial charge in [0.1, 0.15) is 12.5 Å². The third-order valence-corrected chi connectivity index (χ3v) is 4.06. The average Bonchev–Trinajstić information content (AvgIpc) is 3.01. The molecule has 0 bridgehead atoms. The van der Waals surface area contributed by atoms with Gasteiger partial charge in [0.15, 0.2) is 0 Å². The van der Waals surface area contributed by atoms with Crippen molar-refractivity contribution in [1.29, 1.82) is 0 Å². The van der Waals surface area contributed by atoms with Gasteiger partial charge in [0.05, 0.1) is 30.7 Å². The summed E-state index contributed by atoms with van der Waals surface area (Å²) < 4.78 is 26.0. The molecule has 7 nitrogen and oxygen atoms in total. The highest BCUT2D eigenvalue weighted by atomic mass is 19.1. The zero-order valence-electron chi connectivity index (χ0n) is 14.0. The molecule has 3 rings (SSSR count). The minimum Gasteiger partial charge on any atom is -0.378 e. The number of halogens is 1. The minimum atomic E-state index is -0.579. The molecule has 0 aliphatic carbocycles. The first-order valence-electron chi connectivity index (χ1n) is 8.18. The number of ether oxygens (including phenoxy) is 1. The number of nitrogens with one attached hydrogen (secondary N) is 1. The molecular weight excluding hydrogens is 329 g/mol. The highest BCUT2D eigenvalue weighted by Gasteiger charge is 2.17. The topological polar surface area (TPSA) is 76.7 Å². The number of amides is 1. The van der Waals surface area contributed by atoms with Crippen molar-refractivity contribution in [2.75, 3.05) is 31.2 Å². The molecule has 0 radical (unpaired) electrons. The highest BCUT2D eigenvalue weighted by molar-refractivity contribution is 5.75. The third-order valence-electron chi connectivity index (χ3n) is 4.06. The van der Waals surface area contributed by atoms with Gasteiger partial charge < -0.3 is 19.5 Å². The summed E-state index contributed by atoms with van der Waals surface area (Å²) >= 11 is 0. The van der Waals surface area contributed by atoms with Crippen molar-refractivity contribution in [3.05, 3.63) is 40.6 Å². The van der Waals surface area contributed by atoms with Crippen molar-refractivity contribution < 1.29 is 18.4 Å². The van der Waals surface area contributed by atoms with Gasteiger partial charge in [-0.2, -0.15) is 4.74 Å². The van der Waals surface area contributed by atoms with E-state index in [2.05, 4.69) is 5.32 Å². The smallest absolute Gasteiger partial charge is 0.365 e. The number of rotatable bonds is 5. The predicted molar refractivity (Wildman–Crippen MR) is 89.8 cm³/mol. The summed E-state index contributed by atoms with van der Waals surface area (Å²) in [4.78, 5) is 25.2. The summed E-state index contributed by atoms with van der Waals surface area (Å²) in [5.74, 6) is -0.551. The molecule has 0 unspecified atom stereocenters. The van der Waals surface area contributed by atoms with E-state index in [0.717, 1.165) is 0 Å². The van der Waals surface area contributed by atoms with E-state index in [1.807, 2.05) is 4.90 Å². The Kier molecular flexibility index (Phi) is 5.18. The number of hydrogen-bond donors (Lipinski definition) is 1. The molecule has 1 fully saturated rings.